The van der Waals surface area contributed by atoms with Crippen LogP contribution in [0.1, 0.15) is 13.8 Å². The second-order valence-electron chi connectivity index (χ2n) is 4.81. The highest BCUT2D eigenvalue weighted by Crippen LogP contribution is 2.24. The largest absolute Gasteiger partial charge is 0.320 e. The number of sulfone groups is 1. The number of carbonyl (C=O) groups excluding carboxylic acids is 1. The fourth-order valence-electron chi connectivity index (χ4n) is 2.19. The van der Waals surface area contributed by atoms with Crippen molar-refractivity contribution in [3.63, 3.8) is 0 Å². The molecule has 2 rings (SSSR count). The molecule has 1 unspecified atom stereocenters. The molecule has 7 heteroatoms. The van der Waals surface area contributed by atoms with E-state index in [0.29, 0.717) is 17.9 Å². The summed E-state index contributed by atoms with van der Waals surface area (Å²) >= 11 is 1.60. The van der Waals surface area contributed by atoms with Gasteiger partial charge in [0.15, 0.2) is 9.84 Å². The first kappa shape index (κ1) is 14.9. The van der Waals surface area contributed by atoms with E-state index >= 15 is 0 Å². The number of carbonyl (C=O) groups is 1. The molecule has 0 aliphatic carbocycles. The first-order valence-corrected chi connectivity index (χ1v) is 9.34. The van der Waals surface area contributed by atoms with Crippen molar-refractivity contribution in [1.82, 2.24) is 10.2 Å². The lowest BCUT2D eigenvalue weighted by Gasteiger charge is -2.36. The number of hydrogen-bond donors (Lipinski definition) is 1. The second-order valence-corrected chi connectivity index (χ2v) is 8.41. The van der Waals surface area contributed by atoms with Gasteiger partial charge in [0, 0.05) is 42.5 Å². The molecule has 1 amide bonds. The monoisotopic (exact) mass is 304 g/mol. The van der Waals surface area contributed by atoms with Gasteiger partial charge in [-0.2, -0.15) is 11.8 Å². The summed E-state index contributed by atoms with van der Waals surface area (Å²) in [7, 11) is -3.22. The molecule has 2 aliphatic heterocycles. The summed E-state index contributed by atoms with van der Waals surface area (Å²) < 4.78 is 24.2. The number of thioether (sulfide) groups is 1. The molecular weight excluding hydrogens is 284 g/mol. The molecule has 1 atom stereocenters. The minimum absolute atomic E-state index is 0.0825. The zero-order valence-electron chi connectivity index (χ0n) is 11.3. The molecule has 2 aliphatic rings. The number of rotatable bonds is 3. The third kappa shape index (κ3) is 2.98. The molecule has 0 radical (unpaired) electrons. The van der Waals surface area contributed by atoms with Gasteiger partial charge in [-0.3, -0.25) is 4.79 Å². The van der Waals surface area contributed by atoms with Crippen LogP contribution in [0.4, 0.5) is 0 Å². The Hall–Kier alpha value is -0.530. The molecule has 5 nitrogen and oxygen atoms in total. The van der Waals surface area contributed by atoms with Crippen LogP contribution in [0.2, 0.25) is 0 Å². The lowest BCUT2D eigenvalue weighted by molar-refractivity contribution is -0.127. The third-order valence-electron chi connectivity index (χ3n) is 3.69. The van der Waals surface area contributed by atoms with Gasteiger partial charge in [-0.15, -0.1) is 0 Å². The predicted octanol–water partition coefficient (Wildman–Crippen LogP) is 0.242. The lowest BCUT2D eigenvalue weighted by atomic mass is 10.0. The average Bonchev–Trinajstić information content (AvgIpc) is 2.35. The third-order valence-corrected chi connectivity index (χ3v) is 6.98. The van der Waals surface area contributed by atoms with Gasteiger partial charge in [0.05, 0.1) is 0 Å². The highest BCUT2D eigenvalue weighted by atomic mass is 32.2. The van der Waals surface area contributed by atoms with E-state index in [0.717, 1.165) is 24.4 Å². The van der Waals surface area contributed by atoms with Crippen molar-refractivity contribution in [3.8, 4) is 0 Å². The van der Waals surface area contributed by atoms with Crippen molar-refractivity contribution in [1.29, 1.82) is 0 Å². The van der Waals surface area contributed by atoms with E-state index in [-0.39, 0.29) is 11.7 Å². The Morgan fingerprint density at radius 3 is 2.68 bits per heavy atom. The number of hydrogen-bond acceptors (Lipinski definition) is 5. The zero-order valence-corrected chi connectivity index (χ0v) is 12.9. The van der Waals surface area contributed by atoms with Gasteiger partial charge in [0.2, 0.25) is 0 Å². The molecule has 108 valence electrons. The minimum Gasteiger partial charge on any atom is -0.320 e. The molecule has 2 fully saturated rings. The number of amides is 1. The number of nitrogens with one attached hydrogen (secondary N) is 1. The Morgan fingerprint density at radius 1 is 1.47 bits per heavy atom. The second kappa shape index (κ2) is 5.85. The summed E-state index contributed by atoms with van der Waals surface area (Å²) in [5.41, 5.74) is 1.80. The van der Waals surface area contributed by atoms with Gasteiger partial charge < -0.3 is 10.2 Å². The van der Waals surface area contributed by atoms with E-state index in [1.807, 2.05) is 0 Å². The molecule has 2 heterocycles. The van der Waals surface area contributed by atoms with Crippen molar-refractivity contribution < 1.29 is 13.2 Å². The van der Waals surface area contributed by atoms with Crippen molar-refractivity contribution in [2.24, 2.45) is 0 Å². The summed E-state index contributed by atoms with van der Waals surface area (Å²) in [4.78, 5) is 14.0. The van der Waals surface area contributed by atoms with Crippen LogP contribution in [0.25, 0.3) is 0 Å². The van der Waals surface area contributed by atoms with Crippen LogP contribution < -0.4 is 5.32 Å². The maximum Gasteiger partial charge on any atom is 0.250 e. The van der Waals surface area contributed by atoms with Crippen molar-refractivity contribution in [3.05, 3.63) is 11.1 Å². The summed E-state index contributed by atoms with van der Waals surface area (Å²) in [5.74, 6) is 1.27. The Labute approximate surface area is 118 Å². The quantitative estimate of drug-likeness (QED) is 0.757. The molecular formula is C12H20N2O3S2. The normalized spacial score (nSPS) is 24.0. The van der Waals surface area contributed by atoms with Gasteiger partial charge in [-0.1, -0.05) is 6.92 Å². The molecule has 1 N–H and O–H groups in total. The first-order valence-electron chi connectivity index (χ1n) is 6.47. The van der Waals surface area contributed by atoms with Crippen LogP contribution in [0.15, 0.2) is 11.1 Å². The summed E-state index contributed by atoms with van der Waals surface area (Å²) in [6, 6.07) is 0. The Kier molecular flexibility index (Phi) is 4.58. The SMILES string of the molecule is CCS(=O)(=O)C1CSCCN1C(=O)C(C)=C1CNC1. The Balaban J connectivity index is 2.23. The van der Waals surface area contributed by atoms with Crippen LogP contribution in [0, 0.1) is 0 Å². The molecule has 0 spiro atoms. The van der Waals surface area contributed by atoms with Crippen LogP contribution >= 0.6 is 11.8 Å². The zero-order chi connectivity index (χ0) is 14.0. The van der Waals surface area contributed by atoms with Crippen LogP contribution in [-0.4, -0.2) is 61.5 Å². The molecule has 2 saturated heterocycles. The van der Waals surface area contributed by atoms with Gasteiger partial charge in [0.1, 0.15) is 5.37 Å². The molecule has 0 aromatic carbocycles. The minimum atomic E-state index is -3.22. The van der Waals surface area contributed by atoms with Gasteiger partial charge in [-0.05, 0) is 12.5 Å². The van der Waals surface area contributed by atoms with E-state index in [1.165, 1.54) is 0 Å². The predicted molar refractivity (Wildman–Crippen MR) is 77.9 cm³/mol. The molecule has 0 bridgehead atoms. The molecule has 0 aromatic rings. The smallest absolute Gasteiger partial charge is 0.250 e. The highest BCUT2D eigenvalue weighted by molar-refractivity contribution is 8.01. The van der Waals surface area contributed by atoms with Crippen LogP contribution in [0.3, 0.4) is 0 Å². The first-order chi connectivity index (χ1) is 8.97. The highest BCUT2D eigenvalue weighted by Gasteiger charge is 2.36. The summed E-state index contributed by atoms with van der Waals surface area (Å²) in [5, 5.41) is 2.44. The van der Waals surface area contributed by atoms with Crippen molar-refractivity contribution in [2.75, 3.05) is 36.9 Å². The van der Waals surface area contributed by atoms with E-state index in [9.17, 15) is 13.2 Å². The molecule has 19 heavy (non-hydrogen) atoms. The standard InChI is InChI=1S/C12H20N2O3S2/c1-3-19(16,17)11-8-18-5-4-14(11)12(15)9(2)10-6-13-7-10/h11,13H,3-8H2,1-2H3. The van der Waals surface area contributed by atoms with Crippen LogP contribution in [0.5, 0.6) is 0 Å². The van der Waals surface area contributed by atoms with Gasteiger partial charge >= 0.3 is 0 Å². The van der Waals surface area contributed by atoms with Crippen molar-refractivity contribution >= 4 is 27.5 Å². The Bertz CT molecular complexity index is 493. The maximum absolute atomic E-state index is 12.5. The Morgan fingerprint density at radius 2 is 2.16 bits per heavy atom. The fraction of sp³-hybridized carbons (Fsp3) is 0.750. The maximum atomic E-state index is 12.5. The summed E-state index contributed by atoms with van der Waals surface area (Å²) in [6.45, 7) is 5.44. The summed E-state index contributed by atoms with van der Waals surface area (Å²) in [6.07, 6.45) is 0. The average molecular weight is 304 g/mol. The van der Waals surface area contributed by atoms with E-state index in [1.54, 1.807) is 30.5 Å². The van der Waals surface area contributed by atoms with Gasteiger partial charge in [-0.25, -0.2) is 8.42 Å². The fourth-order valence-corrected chi connectivity index (χ4v) is 5.15. The lowest BCUT2D eigenvalue weighted by Crippen LogP contribution is -2.51. The molecule has 0 saturated carbocycles. The van der Waals surface area contributed by atoms with Crippen LogP contribution in [-0.2, 0) is 14.6 Å². The number of nitrogens with zero attached hydrogens (tertiary/aromatic N) is 1. The van der Waals surface area contributed by atoms with Crippen molar-refractivity contribution in [2.45, 2.75) is 19.2 Å². The van der Waals surface area contributed by atoms with E-state index in [4.69, 9.17) is 0 Å². The van der Waals surface area contributed by atoms with E-state index < -0.39 is 15.2 Å². The van der Waals surface area contributed by atoms with E-state index in [2.05, 4.69) is 5.32 Å². The topological polar surface area (TPSA) is 66.5 Å². The van der Waals surface area contributed by atoms with Gasteiger partial charge in [0.25, 0.3) is 5.91 Å². The molecule has 0 aromatic heterocycles.